The Hall–Kier alpha value is -1.81. The van der Waals surface area contributed by atoms with Crippen molar-refractivity contribution in [3.05, 3.63) is 46.7 Å². The van der Waals surface area contributed by atoms with Gasteiger partial charge in [-0.25, -0.2) is 0 Å². The number of aryl methyl sites for hydroxylation is 1. The lowest BCUT2D eigenvalue weighted by molar-refractivity contribution is -0.118. The van der Waals surface area contributed by atoms with Gasteiger partial charge in [0.05, 0.1) is 11.4 Å². The van der Waals surface area contributed by atoms with Crippen molar-refractivity contribution in [2.45, 2.75) is 12.8 Å². The molecule has 1 aromatic heterocycles. The maximum atomic E-state index is 12.5. The first-order chi connectivity index (χ1) is 9.75. The fourth-order valence-electron chi connectivity index (χ4n) is 2.59. The molecule has 0 atom stereocenters. The van der Waals surface area contributed by atoms with Crippen molar-refractivity contribution in [1.82, 2.24) is 0 Å². The molecule has 0 spiro atoms. The lowest BCUT2D eigenvalue weighted by Crippen LogP contribution is -2.42. The molecule has 0 unspecified atom stereocenters. The minimum Gasteiger partial charge on any atom is -0.371 e. The minimum absolute atomic E-state index is 0.221. The van der Waals surface area contributed by atoms with E-state index in [-0.39, 0.29) is 5.91 Å². The summed E-state index contributed by atoms with van der Waals surface area (Å²) in [4.78, 5) is 17.9. The fraction of sp³-hybridized carbons (Fsp3) is 0.312. The van der Waals surface area contributed by atoms with Gasteiger partial charge in [0.15, 0.2) is 0 Å². The molecule has 20 heavy (non-hydrogen) atoms. The standard InChI is InChI=1S/C16H18N2OS/c1-17-10-11-18(15-7-3-2-6-14(15)17)16(19)9-8-13-5-4-12-20-13/h2-7,12H,8-11H2,1H3. The number of nitrogens with zero attached hydrogens (tertiary/aromatic N) is 2. The van der Waals surface area contributed by atoms with Gasteiger partial charge in [-0.2, -0.15) is 0 Å². The molecule has 3 rings (SSSR count). The highest BCUT2D eigenvalue weighted by molar-refractivity contribution is 7.09. The Kier molecular flexibility index (Phi) is 3.74. The van der Waals surface area contributed by atoms with E-state index < -0.39 is 0 Å². The summed E-state index contributed by atoms with van der Waals surface area (Å²) < 4.78 is 0. The number of likely N-dealkylation sites (N-methyl/N-ethyl adjacent to an activating group) is 1. The molecule has 2 aromatic rings. The topological polar surface area (TPSA) is 23.6 Å². The van der Waals surface area contributed by atoms with Crippen molar-refractivity contribution >= 4 is 28.6 Å². The van der Waals surface area contributed by atoms with Gasteiger partial charge in [0.25, 0.3) is 0 Å². The van der Waals surface area contributed by atoms with Crippen LogP contribution in [-0.2, 0) is 11.2 Å². The number of para-hydroxylation sites is 2. The summed E-state index contributed by atoms with van der Waals surface area (Å²) in [6.07, 6.45) is 1.42. The van der Waals surface area contributed by atoms with Crippen molar-refractivity contribution in [3.63, 3.8) is 0 Å². The van der Waals surface area contributed by atoms with Gasteiger partial charge in [0.2, 0.25) is 5.91 Å². The molecule has 0 N–H and O–H groups in total. The molecular weight excluding hydrogens is 268 g/mol. The van der Waals surface area contributed by atoms with Crippen molar-refractivity contribution in [1.29, 1.82) is 0 Å². The molecule has 0 radical (unpaired) electrons. The van der Waals surface area contributed by atoms with Crippen molar-refractivity contribution in [3.8, 4) is 0 Å². The maximum absolute atomic E-state index is 12.5. The maximum Gasteiger partial charge on any atom is 0.227 e. The number of carbonyl (C=O) groups excluding carboxylic acids is 1. The molecule has 0 bridgehead atoms. The minimum atomic E-state index is 0.221. The van der Waals surface area contributed by atoms with E-state index in [0.29, 0.717) is 6.42 Å². The largest absolute Gasteiger partial charge is 0.371 e. The summed E-state index contributed by atoms with van der Waals surface area (Å²) in [5.41, 5.74) is 2.18. The Labute approximate surface area is 123 Å². The van der Waals surface area contributed by atoms with E-state index in [0.717, 1.165) is 30.9 Å². The van der Waals surface area contributed by atoms with E-state index in [1.54, 1.807) is 11.3 Å². The van der Waals surface area contributed by atoms with Crippen LogP contribution in [0.3, 0.4) is 0 Å². The summed E-state index contributed by atoms with van der Waals surface area (Å²) in [6, 6.07) is 12.3. The molecule has 2 heterocycles. The van der Waals surface area contributed by atoms with Crippen LogP contribution in [0.2, 0.25) is 0 Å². The molecule has 0 saturated carbocycles. The lowest BCUT2D eigenvalue weighted by atomic mass is 10.1. The highest BCUT2D eigenvalue weighted by Gasteiger charge is 2.24. The Morgan fingerprint density at radius 3 is 2.70 bits per heavy atom. The van der Waals surface area contributed by atoms with Crippen molar-refractivity contribution in [2.75, 3.05) is 29.9 Å². The van der Waals surface area contributed by atoms with Crippen LogP contribution in [0, 0.1) is 0 Å². The number of anilines is 2. The van der Waals surface area contributed by atoms with Crippen molar-refractivity contribution in [2.24, 2.45) is 0 Å². The second-order valence-electron chi connectivity index (χ2n) is 5.04. The predicted molar refractivity (Wildman–Crippen MR) is 84.7 cm³/mol. The lowest BCUT2D eigenvalue weighted by Gasteiger charge is -2.35. The summed E-state index contributed by atoms with van der Waals surface area (Å²) in [5, 5.41) is 2.06. The first-order valence-corrected chi connectivity index (χ1v) is 7.76. The first kappa shape index (κ1) is 13.2. The number of benzene rings is 1. The van der Waals surface area contributed by atoms with E-state index >= 15 is 0 Å². The third kappa shape index (κ3) is 2.56. The Morgan fingerprint density at radius 1 is 1.15 bits per heavy atom. The average Bonchev–Trinajstić information content (AvgIpc) is 2.99. The monoisotopic (exact) mass is 286 g/mol. The van der Waals surface area contributed by atoms with E-state index in [1.807, 2.05) is 29.2 Å². The van der Waals surface area contributed by atoms with E-state index in [4.69, 9.17) is 0 Å². The number of carbonyl (C=O) groups is 1. The van der Waals surface area contributed by atoms with Crippen LogP contribution in [0.1, 0.15) is 11.3 Å². The SMILES string of the molecule is CN1CCN(C(=O)CCc2cccs2)c2ccccc21. The number of rotatable bonds is 3. The molecule has 0 fully saturated rings. The molecule has 1 aromatic carbocycles. The number of hydrogen-bond donors (Lipinski definition) is 0. The van der Waals surface area contributed by atoms with Crippen LogP contribution >= 0.6 is 11.3 Å². The molecule has 0 aliphatic carbocycles. The van der Waals surface area contributed by atoms with Gasteiger partial charge in [-0.1, -0.05) is 18.2 Å². The van der Waals surface area contributed by atoms with Gasteiger partial charge in [-0.15, -0.1) is 11.3 Å². The van der Waals surface area contributed by atoms with Crippen molar-refractivity contribution < 1.29 is 4.79 Å². The summed E-state index contributed by atoms with van der Waals surface area (Å²) in [6.45, 7) is 1.67. The molecule has 104 valence electrons. The predicted octanol–water partition coefficient (Wildman–Crippen LogP) is 3.16. The smallest absolute Gasteiger partial charge is 0.227 e. The van der Waals surface area contributed by atoms with Gasteiger partial charge in [-0.05, 0) is 30.0 Å². The Bertz CT molecular complexity index is 594. The quantitative estimate of drug-likeness (QED) is 0.865. The number of thiophene rings is 1. The zero-order chi connectivity index (χ0) is 13.9. The number of amides is 1. The van der Waals surface area contributed by atoms with E-state index in [9.17, 15) is 4.79 Å². The van der Waals surface area contributed by atoms with Crippen LogP contribution in [0.4, 0.5) is 11.4 Å². The van der Waals surface area contributed by atoms with Gasteiger partial charge in [0, 0.05) is 31.4 Å². The van der Waals surface area contributed by atoms with Crippen LogP contribution in [0.5, 0.6) is 0 Å². The molecule has 0 saturated heterocycles. The van der Waals surface area contributed by atoms with Crippen LogP contribution in [-0.4, -0.2) is 26.0 Å². The highest BCUT2D eigenvalue weighted by atomic mass is 32.1. The van der Waals surface area contributed by atoms with Crippen LogP contribution in [0.25, 0.3) is 0 Å². The Morgan fingerprint density at radius 2 is 1.95 bits per heavy atom. The summed E-state index contributed by atoms with van der Waals surface area (Å²) in [7, 11) is 2.08. The van der Waals surface area contributed by atoms with Gasteiger partial charge < -0.3 is 9.80 Å². The summed E-state index contributed by atoms with van der Waals surface area (Å²) >= 11 is 1.72. The zero-order valence-corrected chi connectivity index (χ0v) is 12.4. The molecule has 1 aliphatic rings. The van der Waals surface area contributed by atoms with Gasteiger partial charge >= 0.3 is 0 Å². The first-order valence-electron chi connectivity index (χ1n) is 6.88. The Balaban J connectivity index is 1.74. The zero-order valence-electron chi connectivity index (χ0n) is 11.6. The third-order valence-corrected chi connectivity index (χ3v) is 4.65. The molecular formula is C16H18N2OS. The molecule has 1 amide bonds. The third-order valence-electron chi connectivity index (χ3n) is 3.71. The molecule has 1 aliphatic heterocycles. The molecule has 4 heteroatoms. The number of hydrogen-bond acceptors (Lipinski definition) is 3. The van der Waals surface area contributed by atoms with E-state index in [1.165, 1.54) is 4.88 Å². The van der Waals surface area contributed by atoms with Crippen LogP contribution in [0.15, 0.2) is 41.8 Å². The average molecular weight is 286 g/mol. The second kappa shape index (κ2) is 5.67. The van der Waals surface area contributed by atoms with Crippen LogP contribution < -0.4 is 9.80 Å². The normalized spacial score (nSPS) is 14.2. The van der Waals surface area contributed by atoms with Gasteiger partial charge in [-0.3, -0.25) is 4.79 Å². The highest BCUT2D eigenvalue weighted by Crippen LogP contribution is 2.32. The summed E-state index contributed by atoms with van der Waals surface area (Å²) in [5.74, 6) is 0.221. The fourth-order valence-corrected chi connectivity index (χ4v) is 3.29. The second-order valence-corrected chi connectivity index (χ2v) is 6.07. The number of fused-ring (bicyclic) bond motifs is 1. The van der Waals surface area contributed by atoms with Gasteiger partial charge in [0.1, 0.15) is 0 Å². The molecule has 3 nitrogen and oxygen atoms in total. The van der Waals surface area contributed by atoms with E-state index in [2.05, 4.69) is 29.5 Å².